The number of aromatic nitrogens is 1. The highest BCUT2D eigenvalue weighted by atomic mass is 16.5. The maximum atomic E-state index is 10.5. The van der Waals surface area contributed by atoms with Crippen LogP contribution in [0.25, 0.3) is 0 Å². The Morgan fingerprint density at radius 2 is 2.33 bits per heavy atom. The Morgan fingerprint density at radius 1 is 1.67 bits per heavy atom. The second kappa shape index (κ2) is 4.46. The molecule has 0 aliphatic rings. The molecule has 0 bridgehead atoms. The van der Waals surface area contributed by atoms with Crippen molar-refractivity contribution in [1.29, 1.82) is 5.26 Å². The quantitative estimate of drug-likeness (QED) is 0.681. The van der Waals surface area contributed by atoms with Gasteiger partial charge in [-0.25, -0.2) is 0 Å². The van der Waals surface area contributed by atoms with Crippen LogP contribution in [0.1, 0.15) is 18.5 Å². The van der Waals surface area contributed by atoms with E-state index in [1.54, 1.807) is 19.0 Å². The average Bonchev–Trinajstić information content (AvgIpc) is 2.57. The van der Waals surface area contributed by atoms with Gasteiger partial charge in [-0.2, -0.15) is 10.2 Å². The minimum absolute atomic E-state index is 0.0577. The first-order chi connectivity index (χ1) is 7.04. The van der Waals surface area contributed by atoms with Gasteiger partial charge >= 0.3 is 5.97 Å². The summed E-state index contributed by atoms with van der Waals surface area (Å²) in [5.74, 6) is 0.156. The van der Waals surface area contributed by atoms with Crippen molar-refractivity contribution in [3.63, 3.8) is 0 Å². The van der Waals surface area contributed by atoms with E-state index in [0.717, 1.165) is 0 Å². The van der Waals surface area contributed by atoms with Crippen molar-refractivity contribution in [2.45, 2.75) is 13.5 Å². The van der Waals surface area contributed by atoms with Gasteiger partial charge in [0.15, 0.2) is 6.61 Å². The number of oxazole rings is 1. The van der Waals surface area contributed by atoms with Crippen molar-refractivity contribution in [2.24, 2.45) is 0 Å². The Hall–Kier alpha value is -2.03. The number of hydrogen-bond acceptors (Lipinski definition) is 6. The molecular weight excluding hydrogens is 198 g/mol. The van der Waals surface area contributed by atoms with Crippen molar-refractivity contribution in [1.82, 2.24) is 4.98 Å². The van der Waals surface area contributed by atoms with Crippen LogP contribution in [0.15, 0.2) is 4.42 Å². The van der Waals surface area contributed by atoms with Crippen molar-refractivity contribution < 1.29 is 13.9 Å². The summed E-state index contributed by atoms with van der Waals surface area (Å²) < 4.78 is 9.93. The number of anilines is 1. The summed E-state index contributed by atoms with van der Waals surface area (Å²) in [4.78, 5) is 16.0. The molecule has 0 aliphatic heterocycles. The van der Waals surface area contributed by atoms with Gasteiger partial charge in [-0.05, 0) is 0 Å². The lowest BCUT2D eigenvalue weighted by molar-refractivity contribution is -0.142. The molecule has 0 aromatic carbocycles. The first kappa shape index (κ1) is 11.0. The van der Waals surface area contributed by atoms with E-state index < -0.39 is 5.97 Å². The molecule has 1 aromatic heterocycles. The van der Waals surface area contributed by atoms with Crippen LogP contribution in [0, 0.1) is 11.3 Å². The summed E-state index contributed by atoms with van der Waals surface area (Å²) in [6, 6.07) is 1.90. The zero-order chi connectivity index (χ0) is 11.4. The highest BCUT2D eigenvalue weighted by Crippen LogP contribution is 2.19. The Bertz CT molecular complexity index is 403. The molecule has 80 valence electrons. The number of ether oxygens (including phenoxy) is 1. The lowest BCUT2D eigenvalue weighted by Crippen LogP contribution is -2.08. The van der Waals surface area contributed by atoms with E-state index in [9.17, 15) is 4.79 Å². The smallest absolute Gasteiger partial charge is 0.303 e. The summed E-state index contributed by atoms with van der Waals surface area (Å²) >= 11 is 0. The van der Waals surface area contributed by atoms with Crippen molar-refractivity contribution in [2.75, 3.05) is 19.0 Å². The summed E-state index contributed by atoms with van der Waals surface area (Å²) in [5.41, 5.74) is 0.183. The van der Waals surface area contributed by atoms with Gasteiger partial charge in [0.05, 0.1) is 0 Å². The molecule has 0 aliphatic carbocycles. The Labute approximate surface area is 87.1 Å². The van der Waals surface area contributed by atoms with Crippen LogP contribution in [-0.4, -0.2) is 25.0 Å². The molecule has 0 amide bonds. The molecule has 0 saturated carbocycles. The molecule has 6 nitrogen and oxygen atoms in total. The first-order valence-electron chi connectivity index (χ1n) is 4.25. The fourth-order valence-corrected chi connectivity index (χ4v) is 0.956. The van der Waals surface area contributed by atoms with E-state index in [4.69, 9.17) is 14.4 Å². The third-order valence-electron chi connectivity index (χ3n) is 1.56. The largest absolute Gasteiger partial charge is 0.456 e. The molecule has 0 atom stereocenters. The van der Waals surface area contributed by atoms with Crippen LogP contribution in [0.2, 0.25) is 0 Å². The zero-order valence-electron chi connectivity index (χ0n) is 8.77. The van der Waals surface area contributed by atoms with E-state index in [2.05, 4.69) is 4.98 Å². The summed E-state index contributed by atoms with van der Waals surface area (Å²) in [6.45, 7) is 1.23. The Morgan fingerprint density at radius 3 is 2.73 bits per heavy atom. The Balaban J connectivity index is 2.84. The van der Waals surface area contributed by atoms with Crippen LogP contribution in [-0.2, 0) is 16.1 Å². The topological polar surface area (TPSA) is 79.4 Å². The Kier molecular flexibility index (Phi) is 3.29. The van der Waals surface area contributed by atoms with Crippen molar-refractivity contribution in [3.05, 3.63) is 11.6 Å². The van der Waals surface area contributed by atoms with Crippen LogP contribution in [0.3, 0.4) is 0 Å². The van der Waals surface area contributed by atoms with E-state index in [1.807, 2.05) is 6.07 Å². The molecule has 15 heavy (non-hydrogen) atoms. The standard InChI is InChI=1S/C9H11N3O3/c1-6(13)14-5-8-11-7(4-10)9(15-8)12(2)3/h5H2,1-3H3. The van der Waals surface area contributed by atoms with Crippen LogP contribution in [0.5, 0.6) is 0 Å². The third kappa shape index (κ3) is 2.71. The van der Waals surface area contributed by atoms with Crippen LogP contribution in [0.4, 0.5) is 5.88 Å². The number of carbonyl (C=O) groups is 1. The number of esters is 1. The predicted octanol–water partition coefficient (Wildman–Crippen LogP) is 0.675. The summed E-state index contributed by atoms with van der Waals surface area (Å²) in [7, 11) is 3.47. The first-order valence-corrected chi connectivity index (χ1v) is 4.25. The van der Waals surface area contributed by atoms with Crippen molar-refractivity contribution in [3.8, 4) is 6.07 Å². The highest BCUT2D eigenvalue weighted by Gasteiger charge is 2.14. The van der Waals surface area contributed by atoms with E-state index in [-0.39, 0.29) is 18.2 Å². The van der Waals surface area contributed by atoms with Crippen LogP contribution < -0.4 is 4.90 Å². The molecule has 0 unspecified atom stereocenters. The number of hydrogen-bond donors (Lipinski definition) is 0. The van der Waals surface area contributed by atoms with Gasteiger partial charge in [-0.3, -0.25) is 4.79 Å². The SMILES string of the molecule is CC(=O)OCc1nc(C#N)c(N(C)C)o1. The molecule has 0 radical (unpaired) electrons. The minimum atomic E-state index is -0.418. The van der Waals surface area contributed by atoms with Gasteiger partial charge in [0.2, 0.25) is 17.5 Å². The van der Waals surface area contributed by atoms with Crippen molar-refractivity contribution >= 4 is 11.9 Å². The lowest BCUT2D eigenvalue weighted by atomic mass is 10.5. The van der Waals surface area contributed by atoms with E-state index in [0.29, 0.717) is 5.88 Å². The molecular formula is C9H11N3O3. The monoisotopic (exact) mass is 209 g/mol. The number of carbonyl (C=O) groups excluding carboxylic acids is 1. The van der Waals surface area contributed by atoms with E-state index >= 15 is 0 Å². The zero-order valence-corrected chi connectivity index (χ0v) is 8.77. The second-order valence-electron chi connectivity index (χ2n) is 3.05. The molecule has 1 aromatic rings. The minimum Gasteiger partial charge on any atom is -0.456 e. The molecule has 1 rings (SSSR count). The highest BCUT2D eigenvalue weighted by molar-refractivity contribution is 5.65. The van der Waals surface area contributed by atoms with Gasteiger partial charge in [-0.1, -0.05) is 0 Å². The molecule has 0 saturated heterocycles. The van der Waals surface area contributed by atoms with E-state index in [1.165, 1.54) is 6.92 Å². The van der Waals surface area contributed by atoms with Gasteiger partial charge in [-0.15, -0.1) is 0 Å². The van der Waals surface area contributed by atoms with Crippen LogP contribution >= 0.6 is 0 Å². The fourth-order valence-electron chi connectivity index (χ4n) is 0.956. The van der Waals surface area contributed by atoms with Gasteiger partial charge in [0.1, 0.15) is 6.07 Å². The second-order valence-corrected chi connectivity index (χ2v) is 3.05. The molecule has 6 heteroatoms. The average molecular weight is 209 g/mol. The molecule has 0 spiro atoms. The number of rotatable bonds is 3. The van der Waals surface area contributed by atoms with Gasteiger partial charge in [0, 0.05) is 21.0 Å². The maximum absolute atomic E-state index is 10.5. The maximum Gasteiger partial charge on any atom is 0.303 e. The van der Waals surface area contributed by atoms with Gasteiger partial charge < -0.3 is 14.1 Å². The molecule has 0 fully saturated rings. The molecule has 0 N–H and O–H groups in total. The molecule has 1 heterocycles. The lowest BCUT2D eigenvalue weighted by Gasteiger charge is -2.06. The predicted molar refractivity (Wildman–Crippen MR) is 51.0 cm³/mol. The number of nitrogens with zero attached hydrogens (tertiary/aromatic N) is 3. The number of nitriles is 1. The summed E-state index contributed by atoms with van der Waals surface area (Å²) in [5, 5.41) is 8.75. The normalized spacial score (nSPS) is 9.47. The fraction of sp³-hybridized carbons (Fsp3) is 0.444. The van der Waals surface area contributed by atoms with Gasteiger partial charge in [0.25, 0.3) is 0 Å². The third-order valence-corrected chi connectivity index (χ3v) is 1.56. The summed E-state index contributed by atoms with van der Waals surface area (Å²) in [6.07, 6.45) is 0.